The van der Waals surface area contributed by atoms with Gasteiger partial charge in [0.1, 0.15) is 0 Å². The van der Waals surface area contributed by atoms with E-state index >= 15 is 0 Å². The summed E-state index contributed by atoms with van der Waals surface area (Å²) in [5.74, 6) is -0.747. The largest absolute Gasteiger partial charge is 0.505 e. The monoisotopic (exact) mass is 444 g/mol. The molecule has 1 aromatic carbocycles. The molecule has 3 aliphatic rings. The smallest absolute Gasteiger partial charge is 0.217 e. The lowest BCUT2D eigenvalue weighted by Crippen LogP contribution is -2.31. The topological polar surface area (TPSA) is 78.4 Å². The first-order valence-electron chi connectivity index (χ1n) is 10.1. The Bertz CT molecular complexity index is 749. The maximum Gasteiger partial charge on any atom is 0.217 e. The Balaban J connectivity index is 0.000000224. The second-order valence-electron chi connectivity index (χ2n) is 8.33. The van der Waals surface area contributed by atoms with Crippen molar-refractivity contribution < 1.29 is 19.1 Å². The molecule has 160 valence electrons. The van der Waals surface area contributed by atoms with Gasteiger partial charge in [-0.25, -0.2) is 4.39 Å². The van der Waals surface area contributed by atoms with Gasteiger partial charge in [0.15, 0.2) is 11.6 Å². The van der Waals surface area contributed by atoms with E-state index in [1.807, 2.05) is 0 Å². The van der Waals surface area contributed by atoms with Crippen LogP contribution in [0.4, 0.5) is 4.39 Å². The number of carbonyl (C=O) groups is 2. The molecule has 3 N–H and O–H groups in total. The Morgan fingerprint density at radius 1 is 1.28 bits per heavy atom. The maximum absolute atomic E-state index is 14.3. The van der Waals surface area contributed by atoms with Crippen LogP contribution in [0.25, 0.3) is 0 Å². The van der Waals surface area contributed by atoms with Crippen molar-refractivity contribution in [3.63, 3.8) is 0 Å². The van der Waals surface area contributed by atoms with Gasteiger partial charge in [-0.05, 0) is 49.9 Å². The van der Waals surface area contributed by atoms with E-state index < -0.39 is 17.6 Å². The molecule has 0 aliphatic heterocycles. The Labute approximate surface area is 180 Å². The SMILES string of the molecule is CC(=O)NC1CCCC1.O=CNC(c1c(F)c(O)cc(Cl)c1Cl)C1(C2CC2)CC1. The van der Waals surface area contributed by atoms with E-state index in [0.29, 0.717) is 18.4 Å². The number of hydrogen-bond acceptors (Lipinski definition) is 3. The zero-order chi connectivity index (χ0) is 21.2. The Hall–Kier alpha value is -1.53. The number of amides is 2. The van der Waals surface area contributed by atoms with Gasteiger partial charge in [-0.1, -0.05) is 36.0 Å². The molecule has 3 aliphatic carbocycles. The molecule has 0 bridgehead atoms. The standard InChI is InChI=1S/C14H14Cl2FNO2.C7H13NO/c15-8-5-9(20)12(17)10(11(8)16)13(18-6-19)14(3-4-14)7-1-2-7;1-6(9)8-7-4-2-3-5-7/h5-7,13,20H,1-4H2,(H,18,19);7H,2-5H2,1H3,(H,8,9). The number of benzene rings is 1. The first kappa shape index (κ1) is 22.2. The minimum atomic E-state index is -0.800. The molecule has 1 aromatic rings. The minimum absolute atomic E-state index is 0.0632. The summed E-state index contributed by atoms with van der Waals surface area (Å²) in [5, 5.41) is 15.4. The van der Waals surface area contributed by atoms with Gasteiger partial charge in [0.2, 0.25) is 12.3 Å². The summed E-state index contributed by atoms with van der Waals surface area (Å²) in [7, 11) is 0. The molecule has 0 radical (unpaired) electrons. The summed E-state index contributed by atoms with van der Waals surface area (Å²) in [5.41, 5.74) is -0.0316. The molecule has 5 nitrogen and oxygen atoms in total. The zero-order valence-corrected chi connectivity index (χ0v) is 18.0. The van der Waals surface area contributed by atoms with E-state index in [4.69, 9.17) is 23.2 Å². The molecule has 0 heterocycles. The highest BCUT2D eigenvalue weighted by molar-refractivity contribution is 6.42. The minimum Gasteiger partial charge on any atom is -0.505 e. The fraction of sp³-hybridized carbons (Fsp3) is 0.619. The summed E-state index contributed by atoms with van der Waals surface area (Å²) >= 11 is 12.0. The number of halogens is 3. The second-order valence-corrected chi connectivity index (χ2v) is 9.11. The van der Waals surface area contributed by atoms with Crippen LogP contribution in [0.3, 0.4) is 0 Å². The van der Waals surface area contributed by atoms with Crippen molar-refractivity contribution in [1.82, 2.24) is 10.6 Å². The fourth-order valence-electron chi connectivity index (χ4n) is 4.56. The van der Waals surface area contributed by atoms with E-state index in [1.54, 1.807) is 6.92 Å². The van der Waals surface area contributed by atoms with Crippen molar-refractivity contribution in [1.29, 1.82) is 0 Å². The summed E-state index contributed by atoms with van der Waals surface area (Å²) in [6.45, 7) is 1.58. The van der Waals surface area contributed by atoms with Gasteiger partial charge in [-0.3, -0.25) is 9.59 Å². The van der Waals surface area contributed by atoms with Crippen LogP contribution in [0.5, 0.6) is 5.75 Å². The van der Waals surface area contributed by atoms with Crippen LogP contribution in [0.15, 0.2) is 6.07 Å². The van der Waals surface area contributed by atoms with Gasteiger partial charge in [0, 0.05) is 24.6 Å². The van der Waals surface area contributed by atoms with Gasteiger partial charge in [0.25, 0.3) is 0 Å². The number of hydrogen-bond donors (Lipinski definition) is 3. The number of carbonyl (C=O) groups excluding carboxylic acids is 2. The third-order valence-corrected chi connectivity index (χ3v) is 7.05. The maximum atomic E-state index is 14.3. The summed E-state index contributed by atoms with van der Waals surface area (Å²) < 4.78 is 14.3. The van der Waals surface area contributed by atoms with Crippen LogP contribution in [0.1, 0.15) is 69.9 Å². The van der Waals surface area contributed by atoms with Crippen LogP contribution >= 0.6 is 23.2 Å². The van der Waals surface area contributed by atoms with Gasteiger partial charge < -0.3 is 15.7 Å². The third-order valence-electron chi connectivity index (χ3n) is 6.25. The highest BCUT2D eigenvalue weighted by Crippen LogP contribution is 2.68. The lowest BCUT2D eigenvalue weighted by molar-refractivity contribution is -0.119. The molecular formula is C21H27Cl2FN2O3. The van der Waals surface area contributed by atoms with Crippen LogP contribution in [0.2, 0.25) is 10.0 Å². The van der Waals surface area contributed by atoms with Crippen LogP contribution in [-0.2, 0) is 9.59 Å². The molecule has 0 spiro atoms. The number of rotatable bonds is 6. The summed E-state index contributed by atoms with van der Waals surface area (Å²) in [4.78, 5) is 21.4. The van der Waals surface area contributed by atoms with Crippen molar-refractivity contribution in [2.75, 3.05) is 0 Å². The zero-order valence-electron chi connectivity index (χ0n) is 16.4. The van der Waals surface area contributed by atoms with Crippen molar-refractivity contribution in [2.45, 2.75) is 70.4 Å². The summed E-state index contributed by atoms with van der Waals surface area (Å²) in [6, 6.07) is 1.03. The quantitative estimate of drug-likeness (QED) is 0.432. The van der Waals surface area contributed by atoms with E-state index in [9.17, 15) is 19.1 Å². The predicted octanol–water partition coefficient (Wildman–Crippen LogP) is 4.88. The molecule has 8 heteroatoms. The van der Waals surface area contributed by atoms with E-state index in [1.165, 1.54) is 25.7 Å². The average molecular weight is 445 g/mol. The second kappa shape index (κ2) is 9.09. The molecule has 3 saturated carbocycles. The molecule has 2 amide bonds. The van der Waals surface area contributed by atoms with Crippen molar-refractivity contribution in [3.8, 4) is 5.75 Å². The molecule has 3 fully saturated rings. The van der Waals surface area contributed by atoms with E-state index in [-0.39, 0.29) is 26.9 Å². The lowest BCUT2D eigenvalue weighted by atomic mass is 9.85. The van der Waals surface area contributed by atoms with Crippen LogP contribution in [-0.4, -0.2) is 23.5 Å². The normalized spacial score (nSPS) is 21.0. The Morgan fingerprint density at radius 3 is 2.38 bits per heavy atom. The number of phenols is 1. The Morgan fingerprint density at radius 2 is 1.90 bits per heavy atom. The van der Waals surface area contributed by atoms with Gasteiger partial charge in [0.05, 0.1) is 16.1 Å². The van der Waals surface area contributed by atoms with Crippen molar-refractivity contribution in [3.05, 3.63) is 27.5 Å². The van der Waals surface area contributed by atoms with Crippen LogP contribution in [0, 0.1) is 17.2 Å². The molecule has 1 atom stereocenters. The highest BCUT2D eigenvalue weighted by Gasteiger charge is 2.59. The van der Waals surface area contributed by atoms with Gasteiger partial charge in [-0.2, -0.15) is 0 Å². The molecule has 0 aromatic heterocycles. The van der Waals surface area contributed by atoms with Gasteiger partial charge >= 0.3 is 0 Å². The third kappa shape index (κ3) is 4.97. The first-order chi connectivity index (χ1) is 13.8. The van der Waals surface area contributed by atoms with E-state index in [0.717, 1.165) is 31.7 Å². The molecule has 1 unspecified atom stereocenters. The van der Waals surface area contributed by atoms with Gasteiger partial charge in [-0.15, -0.1) is 0 Å². The summed E-state index contributed by atoms with van der Waals surface area (Å²) in [6.07, 6.45) is 9.50. The number of phenolic OH excluding ortho intramolecular Hbond substituents is 1. The van der Waals surface area contributed by atoms with Crippen molar-refractivity contribution >= 4 is 35.5 Å². The van der Waals surface area contributed by atoms with E-state index in [2.05, 4.69) is 10.6 Å². The highest BCUT2D eigenvalue weighted by atomic mass is 35.5. The predicted molar refractivity (Wildman–Crippen MR) is 110 cm³/mol. The Kier molecular flexibility index (Phi) is 6.94. The van der Waals surface area contributed by atoms with Crippen molar-refractivity contribution in [2.24, 2.45) is 11.3 Å². The number of aromatic hydroxyl groups is 1. The average Bonchev–Trinajstić information content (AvgIpc) is 3.58. The van der Waals surface area contributed by atoms with Crippen LogP contribution < -0.4 is 10.6 Å². The number of nitrogens with one attached hydrogen (secondary N) is 2. The first-order valence-corrected chi connectivity index (χ1v) is 10.9. The fourth-order valence-corrected chi connectivity index (χ4v) is 5.01. The lowest BCUT2D eigenvalue weighted by Gasteiger charge is -2.28. The molecule has 0 saturated heterocycles. The molecule has 29 heavy (non-hydrogen) atoms. The molecule has 4 rings (SSSR count). The molecular weight excluding hydrogens is 418 g/mol.